The first kappa shape index (κ1) is 13.5. The second-order valence-electron chi connectivity index (χ2n) is 4.96. The number of hydrogen-bond donors (Lipinski definition) is 0. The highest BCUT2D eigenvalue weighted by Crippen LogP contribution is 2.20. The van der Waals surface area contributed by atoms with Crippen LogP contribution in [0, 0.1) is 0 Å². The van der Waals surface area contributed by atoms with Crippen molar-refractivity contribution in [3.05, 3.63) is 35.9 Å². The van der Waals surface area contributed by atoms with Crippen LogP contribution in [0.1, 0.15) is 18.5 Å². The van der Waals surface area contributed by atoms with Gasteiger partial charge in [-0.25, -0.2) is 0 Å². The van der Waals surface area contributed by atoms with Gasteiger partial charge in [-0.1, -0.05) is 30.3 Å². The van der Waals surface area contributed by atoms with Gasteiger partial charge in [0.15, 0.2) is 0 Å². The molecule has 3 nitrogen and oxygen atoms in total. The molecule has 18 heavy (non-hydrogen) atoms. The van der Waals surface area contributed by atoms with E-state index in [1.54, 1.807) is 7.11 Å². The maximum absolute atomic E-state index is 5.13. The Morgan fingerprint density at radius 2 is 1.78 bits per heavy atom. The van der Waals surface area contributed by atoms with Gasteiger partial charge >= 0.3 is 0 Å². The fraction of sp³-hybridized carbons (Fsp3) is 0.600. The molecule has 1 fully saturated rings. The second-order valence-corrected chi connectivity index (χ2v) is 4.96. The van der Waals surface area contributed by atoms with E-state index in [0.717, 1.165) is 39.3 Å². The van der Waals surface area contributed by atoms with Crippen molar-refractivity contribution in [2.45, 2.75) is 13.0 Å². The first-order valence-corrected chi connectivity index (χ1v) is 6.81. The van der Waals surface area contributed by atoms with Crippen LogP contribution in [0.3, 0.4) is 0 Å². The van der Waals surface area contributed by atoms with E-state index in [-0.39, 0.29) is 0 Å². The second kappa shape index (κ2) is 6.88. The van der Waals surface area contributed by atoms with E-state index in [4.69, 9.17) is 4.74 Å². The number of hydrogen-bond acceptors (Lipinski definition) is 3. The Balaban J connectivity index is 1.82. The molecule has 0 saturated carbocycles. The third kappa shape index (κ3) is 3.55. The van der Waals surface area contributed by atoms with Crippen molar-refractivity contribution in [2.24, 2.45) is 0 Å². The topological polar surface area (TPSA) is 15.7 Å². The van der Waals surface area contributed by atoms with Gasteiger partial charge in [0.25, 0.3) is 0 Å². The molecule has 1 atom stereocenters. The smallest absolute Gasteiger partial charge is 0.0589 e. The van der Waals surface area contributed by atoms with Crippen LogP contribution in [0.2, 0.25) is 0 Å². The molecule has 0 spiro atoms. The first-order chi connectivity index (χ1) is 8.81. The normalized spacial score (nSPS) is 19.9. The number of benzene rings is 1. The molecule has 1 aromatic rings. The number of ether oxygens (including phenoxy) is 1. The molecular formula is C15H24N2O. The fourth-order valence-electron chi connectivity index (χ4n) is 2.54. The number of methoxy groups -OCH3 is 1. The average Bonchev–Trinajstić information content (AvgIpc) is 2.46. The molecule has 1 heterocycles. The molecule has 100 valence electrons. The van der Waals surface area contributed by atoms with E-state index < -0.39 is 0 Å². The Kier molecular flexibility index (Phi) is 5.17. The van der Waals surface area contributed by atoms with E-state index in [1.165, 1.54) is 5.56 Å². The van der Waals surface area contributed by atoms with E-state index in [1.807, 2.05) is 0 Å². The molecule has 1 aliphatic heterocycles. The molecule has 0 radical (unpaired) electrons. The Morgan fingerprint density at radius 3 is 2.39 bits per heavy atom. The van der Waals surface area contributed by atoms with Crippen molar-refractivity contribution in [3.8, 4) is 0 Å². The van der Waals surface area contributed by atoms with Crippen LogP contribution in [0.25, 0.3) is 0 Å². The van der Waals surface area contributed by atoms with Gasteiger partial charge < -0.3 is 4.74 Å². The molecule has 0 aliphatic carbocycles. The molecule has 1 saturated heterocycles. The zero-order chi connectivity index (χ0) is 12.8. The Morgan fingerprint density at radius 1 is 1.11 bits per heavy atom. The van der Waals surface area contributed by atoms with Crippen LogP contribution in [0.5, 0.6) is 0 Å². The largest absolute Gasteiger partial charge is 0.383 e. The van der Waals surface area contributed by atoms with Crippen molar-refractivity contribution >= 4 is 0 Å². The summed E-state index contributed by atoms with van der Waals surface area (Å²) in [4.78, 5) is 5.05. The zero-order valence-corrected chi connectivity index (χ0v) is 11.5. The molecule has 1 aromatic carbocycles. The van der Waals surface area contributed by atoms with E-state index >= 15 is 0 Å². The summed E-state index contributed by atoms with van der Waals surface area (Å²) in [5, 5.41) is 0. The van der Waals surface area contributed by atoms with Gasteiger partial charge in [0.05, 0.1) is 6.61 Å². The minimum absolute atomic E-state index is 0.524. The summed E-state index contributed by atoms with van der Waals surface area (Å²) < 4.78 is 5.13. The van der Waals surface area contributed by atoms with E-state index in [9.17, 15) is 0 Å². The van der Waals surface area contributed by atoms with Crippen LogP contribution >= 0.6 is 0 Å². The predicted octanol–water partition coefficient (Wildman–Crippen LogP) is 2.01. The quantitative estimate of drug-likeness (QED) is 0.793. The van der Waals surface area contributed by atoms with E-state index in [2.05, 4.69) is 47.1 Å². The van der Waals surface area contributed by atoms with Crippen LogP contribution in [-0.2, 0) is 4.74 Å². The zero-order valence-electron chi connectivity index (χ0n) is 11.5. The summed E-state index contributed by atoms with van der Waals surface area (Å²) in [5.41, 5.74) is 1.42. The minimum Gasteiger partial charge on any atom is -0.383 e. The highest BCUT2D eigenvalue weighted by molar-refractivity contribution is 5.18. The Labute approximate surface area is 110 Å². The summed E-state index contributed by atoms with van der Waals surface area (Å²) >= 11 is 0. The highest BCUT2D eigenvalue weighted by atomic mass is 16.5. The van der Waals surface area contributed by atoms with Gasteiger partial charge in [0, 0.05) is 45.9 Å². The number of rotatable bonds is 5. The molecule has 0 bridgehead atoms. The van der Waals surface area contributed by atoms with Crippen molar-refractivity contribution in [1.82, 2.24) is 9.80 Å². The number of piperazine rings is 1. The highest BCUT2D eigenvalue weighted by Gasteiger charge is 2.21. The lowest BCUT2D eigenvalue weighted by Crippen LogP contribution is -2.47. The van der Waals surface area contributed by atoms with Crippen LogP contribution in [-0.4, -0.2) is 56.2 Å². The Bertz CT molecular complexity index is 334. The van der Waals surface area contributed by atoms with Gasteiger partial charge in [-0.3, -0.25) is 9.80 Å². The maximum Gasteiger partial charge on any atom is 0.0589 e. The summed E-state index contributed by atoms with van der Waals surface area (Å²) in [6, 6.07) is 11.3. The minimum atomic E-state index is 0.524. The fourth-order valence-corrected chi connectivity index (χ4v) is 2.54. The lowest BCUT2D eigenvalue weighted by molar-refractivity contribution is 0.0786. The number of nitrogens with zero attached hydrogens (tertiary/aromatic N) is 2. The lowest BCUT2D eigenvalue weighted by Gasteiger charge is -2.38. The summed E-state index contributed by atoms with van der Waals surface area (Å²) in [5.74, 6) is 0. The molecule has 3 heteroatoms. The molecule has 1 aliphatic rings. The summed E-state index contributed by atoms with van der Waals surface area (Å²) in [6.45, 7) is 8.82. The average molecular weight is 248 g/mol. The molecule has 0 N–H and O–H groups in total. The van der Waals surface area contributed by atoms with E-state index in [0.29, 0.717) is 6.04 Å². The van der Waals surface area contributed by atoms with Crippen molar-refractivity contribution < 1.29 is 4.74 Å². The summed E-state index contributed by atoms with van der Waals surface area (Å²) in [6.07, 6.45) is 0. The lowest BCUT2D eigenvalue weighted by atomic mass is 10.1. The predicted molar refractivity (Wildman–Crippen MR) is 74.7 cm³/mol. The van der Waals surface area contributed by atoms with Gasteiger partial charge in [-0.05, 0) is 12.5 Å². The van der Waals surface area contributed by atoms with Crippen LogP contribution in [0.4, 0.5) is 0 Å². The SMILES string of the molecule is COCCN1CCN(C(C)c2ccccc2)CC1. The van der Waals surface area contributed by atoms with Crippen molar-refractivity contribution in [3.63, 3.8) is 0 Å². The molecular weight excluding hydrogens is 224 g/mol. The summed E-state index contributed by atoms with van der Waals surface area (Å²) in [7, 11) is 1.77. The molecule has 0 amide bonds. The first-order valence-electron chi connectivity index (χ1n) is 6.81. The maximum atomic E-state index is 5.13. The third-order valence-corrected chi connectivity index (χ3v) is 3.85. The van der Waals surface area contributed by atoms with Crippen LogP contribution in [0.15, 0.2) is 30.3 Å². The van der Waals surface area contributed by atoms with Gasteiger partial charge in [0.1, 0.15) is 0 Å². The van der Waals surface area contributed by atoms with Gasteiger partial charge in [0.2, 0.25) is 0 Å². The standard InChI is InChI=1S/C15H24N2O/c1-14(15-6-4-3-5-7-15)17-10-8-16(9-11-17)12-13-18-2/h3-7,14H,8-13H2,1-2H3. The molecule has 1 unspecified atom stereocenters. The third-order valence-electron chi connectivity index (χ3n) is 3.85. The molecule has 0 aromatic heterocycles. The van der Waals surface area contributed by atoms with Crippen LogP contribution < -0.4 is 0 Å². The van der Waals surface area contributed by atoms with Gasteiger partial charge in [-0.15, -0.1) is 0 Å². The van der Waals surface area contributed by atoms with Crippen molar-refractivity contribution in [2.75, 3.05) is 46.4 Å². The van der Waals surface area contributed by atoms with Gasteiger partial charge in [-0.2, -0.15) is 0 Å². The monoisotopic (exact) mass is 248 g/mol. The Hall–Kier alpha value is -0.900. The van der Waals surface area contributed by atoms with Crippen molar-refractivity contribution in [1.29, 1.82) is 0 Å². The molecule has 2 rings (SSSR count).